The molecule has 4 heteroatoms. The lowest BCUT2D eigenvalue weighted by Crippen LogP contribution is -2.22. The van der Waals surface area contributed by atoms with Crippen molar-refractivity contribution in [2.45, 2.75) is 13.5 Å². The van der Waals surface area contributed by atoms with Crippen LogP contribution < -0.4 is 5.32 Å². The largest absolute Gasteiger partial charge is 0.384 e. The highest BCUT2D eigenvalue weighted by molar-refractivity contribution is 7.11. The maximum absolute atomic E-state index is 12.0. The van der Waals surface area contributed by atoms with Crippen LogP contribution in [0.1, 0.15) is 25.7 Å². The Morgan fingerprint density at radius 1 is 1.35 bits per heavy atom. The van der Waals surface area contributed by atoms with Gasteiger partial charge in [0.05, 0.1) is 6.54 Å². The minimum absolute atomic E-state index is 0.122. The molecule has 3 nitrogen and oxygen atoms in total. The third-order valence-corrected chi connectivity index (χ3v) is 3.66. The normalized spacial score (nSPS) is 9.70. The highest BCUT2D eigenvalue weighted by atomic mass is 32.1. The minimum atomic E-state index is -0.186. The highest BCUT2D eigenvalue weighted by Crippen LogP contribution is 2.14. The van der Waals surface area contributed by atoms with Gasteiger partial charge in [0.15, 0.2) is 0 Å². The van der Waals surface area contributed by atoms with E-state index in [-0.39, 0.29) is 12.5 Å². The number of hydrogen-bond donors (Lipinski definition) is 2. The predicted octanol–water partition coefficient (Wildman–Crippen LogP) is 2.33. The van der Waals surface area contributed by atoms with E-state index in [1.165, 1.54) is 4.88 Å². The Balaban J connectivity index is 2.01. The quantitative estimate of drug-likeness (QED) is 0.850. The average Bonchev–Trinajstić information content (AvgIpc) is 2.88. The summed E-state index contributed by atoms with van der Waals surface area (Å²) in [7, 11) is 0. The van der Waals surface area contributed by atoms with E-state index in [0.29, 0.717) is 12.1 Å². The predicted molar refractivity (Wildman–Crippen MR) is 80.6 cm³/mol. The van der Waals surface area contributed by atoms with E-state index in [1.807, 2.05) is 25.1 Å². The Bertz CT molecular complexity index is 664. The van der Waals surface area contributed by atoms with Crippen molar-refractivity contribution in [2.24, 2.45) is 0 Å². The Morgan fingerprint density at radius 2 is 2.20 bits per heavy atom. The van der Waals surface area contributed by atoms with Gasteiger partial charge >= 0.3 is 0 Å². The van der Waals surface area contributed by atoms with Crippen molar-refractivity contribution in [2.75, 3.05) is 6.61 Å². The third-order valence-electron chi connectivity index (χ3n) is 2.66. The summed E-state index contributed by atoms with van der Waals surface area (Å²) in [5.41, 5.74) is 1.29. The van der Waals surface area contributed by atoms with Crippen molar-refractivity contribution in [3.8, 4) is 11.8 Å². The van der Waals surface area contributed by atoms with Crippen LogP contribution in [0.5, 0.6) is 0 Å². The van der Waals surface area contributed by atoms with Gasteiger partial charge in [-0.2, -0.15) is 0 Å². The van der Waals surface area contributed by atoms with Crippen molar-refractivity contribution < 1.29 is 9.90 Å². The lowest BCUT2D eigenvalue weighted by Gasteiger charge is -2.04. The van der Waals surface area contributed by atoms with E-state index in [1.54, 1.807) is 29.5 Å². The molecule has 0 unspecified atom stereocenters. The zero-order chi connectivity index (χ0) is 14.4. The summed E-state index contributed by atoms with van der Waals surface area (Å²) in [6.45, 7) is 2.39. The van der Waals surface area contributed by atoms with Gasteiger partial charge < -0.3 is 10.4 Å². The van der Waals surface area contributed by atoms with Crippen LogP contribution in [0.25, 0.3) is 0 Å². The number of carbonyl (C=O) groups is 1. The summed E-state index contributed by atoms with van der Waals surface area (Å²) in [4.78, 5) is 14.4. The lowest BCUT2D eigenvalue weighted by molar-refractivity contribution is 0.0951. The number of thiophene rings is 1. The zero-order valence-corrected chi connectivity index (χ0v) is 12.0. The van der Waals surface area contributed by atoms with Crippen LogP contribution in [0.3, 0.4) is 0 Å². The fourth-order valence-corrected chi connectivity index (χ4v) is 2.56. The number of rotatable bonds is 3. The fraction of sp³-hybridized carbons (Fsp3) is 0.188. The molecule has 0 saturated heterocycles. The Morgan fingerprint density at radius 3 is 2.90 bits per heavy atom. The first-order chi connectivity index (χ1) is 9.69. The molecule has 1 aromatic heterocycles. The van der Waals surface area contributed by atoms with Gasteiger partial charge in [-0.05, 0) is 37.3 Å². The molecule has 20 heavy (non-hydrogen) atoms. The molecule has 0 aliphatic heterocycles. The van der Waals surface area contributed by atoms with Gasteiger partial charge in [0, 0.05) is 20.9 Å². The van der Waals surface area contributed by atoms with Crippen LogP contribution in [-0.2, 0) is 6.54 Å². The van der Waals surface area contributed by atoms with E-state index in [9.17, 15) is 4.79 Å². The van der Waals surface area contributed by atoms with Crippen LogP contribution in [0.2, 0.25) is 0 Å². The summed E-state index contributed by atoms with van der Waals surface area (Å²) in [5, 5.41) is 11.6. The SMILES string of the molecule is Cc1ccc(CNC(=O)c2cccc(C#CCO)c2)s1. The molecule has 0 fully saturated rings. The lowest BCUT2D eigenvalue weighted by atomic mass is 10.1. The number of aryl methyl sites for hydroxylation is 1. The summed E-state index contributed by atoms with van der Waals surface area (Å²) < 4.78 is 0. The zero-order valence-electron chi connectivity index (χ0n) is 11.1. The number of aliphatic hydroxyl groups is 1. The second-order valence-electron chi connectivity index (χ2n) is 4.24. The number of carbonyl (C=O) groups excluding carboxylic acids is 1. The molecular weight excluding hydrogens is 270 g/mol. The molecule has 1 amide bonds. The minimum Gasteiger partial charge on any atom is -0.384 e. The number of amides is 1. The summed E-state index contributed by atoms with van der Waals surface area (Å²) in [5.74, 6) is 5.23. The second-order valence-corrected chi connectivity index (χ2v) is 5.61. The van der Waals surface area contributed by atoms with Crippen molar-refractivity contribution in [1.82, 2.24) is 5.32 Å². The van der Waals surface area contributed by atoms with Gasteiger partial charge in [0.25, 0.3) is 5.91 Å². The molecule has 2 N–H and O–H groups in total. The van der Waals surface area contributed by atoms with Crippen LogP contribution in [0.4, 0.5) is 0 Å². The van der Waals surface area contributed by atoms with E-state index in [0.717, 1.165) is 10.4 Å². The standard InChI is InChI=1S/C16H15NO2S/c1-12-7-8-15(20-12)11-17-16(19)14-6-2-4-13(10-14)5-3-9-18/h2,4,6-8,10,18H,9,11H2,1H3,(H,17,19). The van der Waals surface area contributed by atoms with Crippen molar-refractivity contribution in [3.63, 3.8) is 0 Å². The fourth-order valence-electron chi connectivity index (χ4n) is 1.73. The molecular formula is C16H15NO2S. The van der Waals surface area contributed by atoms with E-state index in [2.05, 4.69) is 17.2 Å². The maximum Gasteiger partial charge on any atom is 0.251 e. The first kappa shape index (κ1) is 14.3. The molecule has 2 rings (SSSR count). The van der Waals surface area contributed by atoms with E-state index >= 15 is 0 Å². The topological polar surface area (TPSA) is 49.3 Å². The Labute approximate surface area is 122 Å². The molecule has 0 atom stereocenters. The maximum atomic E-state index is 12.0. The van der Waals surface area contributed by atoms with Crippen molar-refractivity contribution in [1.29, 1.82) is 0 Å². The van der Waals surface area contributed by atoms with Crippen molar-refractivity contribution >= 4 is 17.2 Å². The van der Waals surface area contributed by atoms with Crippen LogP contribution >= 0.6 is 11.3 Å². The molecule has 0 radical (unpaired) electrons. The monoisotopic (exact) mass is 285 g/mol. The number of hydrogen-bond acceptors (Lipinski definition) is 3. The smallest absolute Gasteiger partial charge is 0.251 e. The molecule has 0 spiro atoms. The molecule has 1 heterocycles. The van der Waals surface area contributed by atoms with Crippen LogP contribution in [-0.4, -0.2) is 17.6 Å². The van der Waals surface area contributed by atoms with Crippen LogP contribution in [0, 0.1) is 18.8 Å². The van der Waals surface area contributed by atoms with Gasteiger partial charge in [-0.1, -0.05) is 17.9 Å². The first-order valence-electron chi connectivity index (χ1n) is 6.22. The van der Waals surface area contributed by atoms with Gasteiger partial charge in [-0.25, -0.2) is 0 Å². The molecule has 0 aliphatic rings. The van der Waals surface area contributed by atoms with Gasteiger partial charge in [-0.3, -0.25) is 4.79 Å². The molecule has 2 aromatic rings. The summed E-state index contributed by atoms with van der Waals surface area (Å²) >= 11 is 1.67. The summed E-state index contributed by atoms with van der Waals surface area (Å²) in [6.07, 6.45) is 0. The average molecular weight is 285 g/mol. The first-order valence-corrected chi connectivity index (χ1v) is 7.04. The molecule has 0 aliphatic carbocycles. The number of aliphatic hydroxyl groups excluding tert-OH is 1. The Hall–Kier alpha value is -2.09. The molecule has 0 bridgehead atoms. The Kier molecular flexibility index (Phi) is 4.94. The van der Waals surface area contributed by atoms with Crippen molar-refractivity contribution in [3.05, 3.63) is 57.3 Å². The molecule has 102 valence electrons. The highest BCUT2D eigenvalue weighted by Gasteiger charge is 2.06. The third kappa shape index (κ3) is 3.95. The van der Waals surface area contributed by atoms with E-state index < -0.39 is 0 Å². The number of benzene rings is 1. The van der Waals surface area contributed by atoms with Gasteiger partial charge in [-0.15, -0.1) is 11.3 Å². The summed E-state index contributed by atoms with van der Waals surface area (Å²) in [6, 6.07) is 11.1. The van der Waals surface area contributed by atoms with Crippen LogP contribution in [0.15, 0.2) is 36.4 Å². The van der Waals surface area contributed by atoms with Gasteiger partial charge in [0.2, 0.25) is 0 Å². The molecule has 0 saturated carbocycles. The molecule has 1 aromatic carbocycles. The van der Waals surface area contributed by atoms with Gasteiger partial charge in [0.1, 0.15) is 6.61 Å². The number of nitrogens with one attached hydrogen (secondary N) is 1. The second kappa shape index (κ2) is 6.90. The van der Waals surface area contributed by atoms with E-state index in [4.69, 9.17) is 5.11 Å².